The molecule has 0 amide bonds. The predicted molar refractivity (Wildman–Crippen MR) is 55.0 cm³/mol. The monoisotopic (exact) mass is 177 g/mol. The van der Waals surface area contributed by atoms with Gasteiger partial charge in [0.25, 0.3) is 0 Å². The van der Waals surface area contributed by atoms with Gasteiger partial charge in [-0.15, -0.1) is 0 Å². The lowest BCUT2D eigenvalue weighted by molar-refractivity contribution is 0.127. The van der Waals surface area contributed by atoms with Crippen molar-refractivity contribution in [2.24, 2.45) is 5.41 Å². The number of hydrogen-bond donors (Lipinski definition) is 0. The summed E-state index contributed by atoms with van der Waals surface area (Å²) in [4.78, 5) is 0. The second kappa shape index (κ2) is 4.43. The summed E-state index contributed by atoms with van der Waals surface area (Å²) in [5.74, 6) is 0. The third-order valence-corrected chi connectivity index (χ3v) is 1.53. The van der Waals surface area contributed by atoms with Gasteiger partial charge in [0.05, 0.1) is 13.2 Å². The van der Waals surface area contributed by atoms with Gasteiger partial charge in [-0.2, -0.15) is 0 Å². The van der Waals surface area contributed by atoms with Gasteiger partial charge in [-0.25, -0.2) is 0 Å². The summed E-state index contributed by atoms with van der Waals surface area (Å²) in [6.45, 7) is 8.92. The summed E-state index contributed by atoms with van der Waals surface area (Å²) >= 11 is 0. The Labute approximate surface area is 80.7 Å². The van der Waals surface area contributed by atoms with Crippen molar-refractivity contribution in [1.82, 2.24) is 0 Å². The molecule has 1 rings (SSSR count). The molecule has 0 saturated heterocycles. The zero-order valence-electron chi connectivity index (χ0n) is 8.58. The predicted octanol–water partition coefficient (Wildman–Crippen LogP) is 3.41. The Morgan fingerprint density at radius 3 is 2.31 bits per heavy atom. The van der Waals surface area contributed by atoms with E-state index in [9.17, 15) is 0 Å². The van der Waals surface area contributed by atoms with Crippen molar-refractivity contribution >= 4 is 0 Å². The molecule has 0 unspecified atom stereocenters. The molecule has 71 valence electrons. The van der Waals surface area contributed by atoms with E-state index in [0.29, 0.717) is 6.61 Å². The van der Waals surface area contributed by atoms with Gasteiger partial charge >= 0.3 is 0 Å². The Morgan fingerprint density at radius 1 is 1.15 bits per heavy atom. The molecule has 0 N–H and O–H groups in total. The van der Waals surface area contributed by atoms with Gasteiger partial charge in [0.2, 0.25) is 0 Å². The Morgan fingerprint density at radius 2 is 1.77 bits per heavy atom. The SMILES string of the molecule is CC(C)(C)[CH]OCc1ccccc1. The van der Waals surface area contributed by atoms with Crippen molar-refractivity contribution in [1.29, 1.82) is 0 Å². The molecule has 0 aliphatic heterocycles. The summed E-state index contributed by atoms with van der Waals surface area (Å²) in [6, 6.07) is 10.2. The fourth-order valence-electron chi connectivity index (χ4n) is 0.962. The highest BCUT2D eigenvalue weighted by atomic mass is 16.5. The van der Waals surface area contributed by atoms with Crippen molar-refractivity contribution in [3.8, 4) is 0 Å². The van der Waals surface area contributed by atoms with Crippen LogP contribution in [-0.2, 0) is 11.3 Å². The normalized spacial score (nSPS) is 11.6. The van der Waals surface area contributed by atoms with E-state index in [1.807, 2.05) is 24.8 Å². The van der Waals surface area contributed by atoms with Crippen LogP contribution in [0.2, 0.25) is 0 Å². The Balaban J connectivity index is 2.29. The third-order valence-electron chi connectivity index (χ3n) is 1.53. The molecule has 1 aromatic carbocycles. The van der Waals surface area contributed by atoms with E-state index in [1.54, 1.807) is 0 Å². The van der Waals surface area contributed by atoms with E-state index in [0.717, 1.165) is 0 Å². The van der Waals surface area contributed by atoms with Gasteiger partial charge in [0.15, 0.2) is 0 Å². The minimum Gasteiger partial charge on any atom is -0.370 e. The summed E-state index contributed by atoms with van der Waals surface area (Å²) in [7, 11) is 0. The van der Waals surface area contributed by atoms with Gasteiger partial charge in [-0.05, 0) is 11.0 Å². The quantitative estimate of drug-likeness (QED) is 0.687. The smallest absolute Gasteiger partial charge is 0.0894 e. The molecule has 1 radical (unpaired) electrons. The van der Waals surface area contributed by atoms with Crippen LogP contribution >= 0.6 is 0 Å². The van der Waals surface area contributed by atoms with Crippen molar-refractivity contribution < 1.29 is 4.74 Å². The second-order valence-electron chi connectivity index (χ2n) is 4.28. The Bertz CT molecular complexity index is 233. The standard InChI is InChI=1S/C12H17O/c1-12(2,3)10-13-9-11-7-5-4-6-8-11/h4-8,10H,9H2,1-3H3. The topological polar surface area (TPSA) is 9.23 Å². The first kappa shape index (κ1) is 10.3. The highest BCUT2D eigenvalue weighted by Crippen LogP contribution is 2.18. The number of ether oxygens (including phenoxy) is 1. The number of rotatable bonds is 3. The summed E-state index contributed by atoms with van der Waals surface area (Å²) in [5, 5.41) is 0. The van der Waals surface area contributed by atoms with Crippen LogP contribution in [0.4, 0.5) is 0 Å². The van der Waals surface area contributed by atoms with Crippen molar-refractivity contribution in [3.05, 3.63) is 42.5 Å². The average Bonchev–Trinajstić information content (AvgIpc) is 2.04. The van der Waals surface area contributed by atoms with E-state index < -0.39 is 0 Å². The molecular weight excluding hydrogens is 160 g/mol. The average molecular weight is 177 g/mol. The zero-order valence-corrected chi connectivity index (χ0v) is 8.58. The van der Waals surface area contributed by atoms with Crippen LogP contribution in [0.15, 0.2) is 30.3 Å². The number of hydrogen-bond acceptors (Lipinski definition) is 1. The summed E-state index contributed by atoms with van der Waals surface area (Å²) in [6.07, 6.45) is 0. The first-order chi connectivity index (χ1) is 6.08. The van der Waals surface area contributed by atoms with Crippen LogP contribution in [0, 0.1) is 12.0 Å². The molecule has 1 aromatic rings. The van der Waals surface area contributed by atoms with Gasteiger partial charge < -0.3 is 4.74 Å². The van der Waals surface area contributed by atoms with E-state index in [4.69, 9.17) is 4.74 Å². The van der Waals surface area contributed by atoms with E-state index >= 15 is 0 Å². The molecule has 0 aliphatic rings. The first-order valence-corrected chi connectivity index (χ1v) is 4.58. The van der Waals surface area contributed by atoms with E-state index in [2.05, 4.69) is 32.9 Å². The maximum absolute atomic E-state index is 5.46. The molecule has 0 saturated carbocycles. The van der Waals surface area contributed by atoms with Crippen LogP contribution in [0.25, 0.3) is 0 Å². The Hall–Kier alpha value is -0.820. The lowest BCUT2D eigenvalue weighted by Crippen LogP contribution is -2.08. The van der Waals surface area contributed by atoms with E-state index in [-0.39, 0.29) is 5.41 Å². The molecule has 1 nitrogen and oxygen atoms in total. The maximum Gasteiger partial charge on any atom is 0.0894 e. The number of benzene rings is 1. The van der Waals surface area contributed by atoms with Crippen LogP contribution in [-0.4, -0.2) is 0 Å². The lowest BCUT2D eigenvalue weighted by atomic mass is 9.99. The minimum absolute atomic E-state index is 0.134. The minimum atomic E-state index is 0.134. The van der Waals surface area contributed by atoms with Crippen molar-refractivity contribution in [3.63, 3.8) is 0 Å². The fourth-order valence-corrected chi connectivity index (χ4v) is 0.962. The third kappa shape index (κ3) is 4.69. The first-order valence-electron chi connectivity index (χ1n) is 4.58. The largest absolute Gasteiger partial charge is 0.370 e. The highest BCUT2D eigenvalue weighted by Gasteiger charge is 2.10. The summed E-state index contributed by atoms with van der Waals surface area (Å²) in [5.41, 5.74) is 1.34. The van der Waals surface area contributed by atoms with Crippen LogP contribution in [0.5, 0.6) is 0 Å². The molecule has 0 bridgehead atoms. The molecule has 13 heavy (non-hydrogen) atoms. The van der Waals surface area contributed by atoms with E-state index in [1.165, 1.54) is 5.56 Å². The molecule has 0 aromatic heterocycles. The molecular formula is C12H17O. The molecule has 0 fully saturated rings. The molecule has 1 heteroatoms. The molecule has 0 aliphatic carbocycles. The molecule has 0 spiro atoms. The van der Waals surface area contributed by atoms with Crippen LogP contribution in [0.1, 0.15) is 26.3 Å². The zero-order chi connectivity index (χ0) is 9.73. The van der Waals surface area contributed by atoms with Crippen molar-refractivity contribution in [2.45, 2.75) is 27.4 Å². The molecule has 0 heterocycles. The van der Waals surface area contributed by atoms with Crippen LogP contribution in [0.3, 0.4) is 0 Å². The van der Waals surface area contributed by atoms with Crippen molar-refractivity contribution in [2.75, 3.05) is 0 Å². The Kier molecular flexibility index (Phi) is 3.49. The van der Waals surface area contributed by atoms with Crippen LogP contribution < -0.4 is 0 Å². The van der Waals surface area contributed by atoms with Gasteiger partial charge in [-0.1, -0.05) is 51.1 Å². The fraction of sp³-hybridized carbons (Fsp3) is 0.417. The van der Waals surface area contributed by atoms with Gasteiger partial charge in [0.1, 0.15) is 0 Å². The van der Waals surface area contributed by atoms with Gasteiger partial charge in [0, 0.05) is 0 Å². The second-order valence-corrected chi connectivity index (χ2v) is 4.28. The van der Waals surface area contributed by atoms with Gasteiger partial charge in [-0.3, -0.25) is 0 Å². The summed E-state index contributed by atoms with van der Waals surface area (Å²) < 4.78 is 5.46. The lowest BCUT2D eigenvalue weighted by Gasteiger charge is -2.16. The maximum atomic E-state index is 5.46. The highest BCUT2D eigenvalue weighted by molar-refractivity contribution is 5.13. The molecule has 0 atom stereocenters.